The molecule has 1 atom stereocenters. The first-order chi connectivity index (χ1) is 13.6. The Balaban J connectivity index is 1.45. The quantitative estimate of drug-likeness (QED) is 0.716. The molecule has 2 aliphatic heterocycles. The largest absolute Gasteiger partial charge is 0.362 e. The molecule has 0 N–H and O–H groups in total. The molecule has 0 radical (unpaired) electrons. The summed E-state index contributed by atoms with van der Waals surface area (Å²) in [4.78, 5) is 20.5. The molecule has 1 aromatic carbocycles. The van der Waals surface area contributed by atoms with Crippen LogP contribution in [0.2, 0.25) is 5.15 Å². The Morgan fingerprint density at radius 2 is 1.82 bits per heavy atom. The number of carbonyl (C=O) groups is 1. The second kappa shape index (κ2) is 8.45. The lowest BCUT2D eigenvalue weighted by Gasteiger charge is -2.43. The normalized spacial score (nSPS) is 18.6. The van der Waals surface area contributed by atoms with Gasteiger partial charge in [0.2, 0.25) is 0 Å². The van der Waals surface area contributed by atoms with Crippen LogP contribution in [0.4, 0.5) is 9.18 Å². The summed E-state index contributed by atoms with van der Waals surface area (Å²) in [5.41, 5.74) is 1.54. The van der Waals surface area contributed by atoms with E-state index in [1.165, 1.54) is 18.6 Å². The first-order valence-electron chi connectivity index (χ1n) is 9.67. The van der Waals surface area contributed by atoms with E-state index in [4.69, 9.17) is 16.3 Å². The fourth-order valence-corrected chi connectivity index (χ4v) is 3.94. The van der Waals surface area contributed by atoms with Gasteiger partial charge in [0, 0.05) is 24.8 Å². The van der Waals surface area contributed by atoms with Gasteiger partial charge in [-0.25, -0.2) is 14.2 Å². The van der Waals surface area contributed by atoms with E-state index >= 15 is 0 Å². The maximum absolute atomic E-state index is 13.4. The van der Waals surface area contributed by atoms with E-state index < -0.39 is 6.10 Å². The topological polar surface area (TPSA) is 45.7 Å². The number of hydrogen-bond acceptors (Lipinski definition) is 3. The third-order valence-corrected chi connectivity index (χ3v) is 5.63. The smallest absolute Gasteiger partial charge is 0.320 e. The van der Waals surface area contributed by atoms with Crippen molar-refractivity contribution < 1.29 is 13.9 Å². The summed E-state index contributed by atoms with van der Waals surface area (Å²) in [7, 11) is 0. The number of piperidine rings is 1. The van der Waals surface area contributed by atoms with Crippen molar-refractivity contribution in [3.05, 3.63) is 64.7 Å². The Kier molecular flexibility index (Phi) is 5.78. The highest BCUT2D eigenvalue weighted by molar-refractivity contribution is 6.30. The number of likely N-dealkylation sites (tertiary alicyclic amines) is 2. The Hall–Kier alpha value is -2.18. The zero-order valence-electron chi connectivity index (χ0n) is 15.6. The Morgan fingerprint density at radius 3 is 2.50 bits per heavy atom. The molecule has 3 heterocycles. The predicted octanol–water partition coefficient (Wildman–Crippen LogP) is 4.27. The van der Waals surface area contributed by atoms with Gasteiger partial charge in [-0.15, -0.1) is 0 Å². The van der Waals surface area contributed by atoms with Crippen LogP contribution in [0.5, 0.6) is 0 Å². The van der Waals surface area contributed by atoms with Crippen LogP contribution in [0.15, 0.2) is 42.6 Å². The minimum atomic E-state index is -0.459. The predicted molar refractivity (Wildman–Crippen MR) is 105 cm³/mol. The van der Waals surface area contributed by atoms with E-state index in [0.29, 0.717) is 18.2 Å². The number of amides is 2. The summed E-state index contributed by atoms with van der Waals surface area (Å²) in [5.74, 6) is -0.304. The average molecular weight is 404 g/mol. The maximum Gasteiger partial charge on any atom is 0.320 e. The molecule has 1 unspecified atom stereocenters. The number of ether oxygens (including phenoxy) is 1. The van der Waals surface area contributed by atoms with Crippen LogP contribution >= 0.6 is 11.6 Å². The van der Waals surface area contributed by atoms with Gasteiger partial charge in [-0.2, -0.15) is 0 Å². The van der Waals surface area contributed by atoms with Crippen molar-refractivity contribution >= 4 is 17.6 Å². The lowest BCUT2D eigenvalue weighted by atomic mass is 10.0. The second-order valence-corrected chi connectivity index (χ2v) is 7.67. The van der Waals surface area contributed by atoms with Crippen LogP contribution in [0.1, 0.15) is 36.5 Å². The van der Waals surface area contributed by atoms with Gasteiger partial charge in [0.25, 0.3) is 0 Å². The summed E-state index contributed by atoms with van der Waals surface area (Å²) in [6.07, 6.45) is 4.41. The van der Waals surface area contributed by atoms with Gasteiger partial charge in [-0.1, -0.05) is 29.8 Å². The third-order valence-electron chi connectivity index (χ3n) is 5.32. The number of carbonyl (C=O) groups excluding carboxylic acids is 1. The molecule has 2 amide bonds. The van der Waals surface area contributed by atoms with E-state index in [2.05, 4.69) is 4.98 Å². The number of aromatic nitrogens is 1. The summed E-state index contributed by atoms with van der Waals surface area (Å²) in [6.45, 7) is 2.77. The molecular formula is C21H23ClFN3O2. The number of hydrogen-bond donors (Lipinski definition) is 0. The molecule has 0 aliphatic carbocycles. The SMILES string of the molecule is O=C(N1CCCCC1)N1CC(OC(c2ccc(F)cc2)c2cccnc2Cl)C1. The molecule has 2 aliphatic rings. The number of pyridine rings is 1. The van der Waals surface area contributed by atoms with Crippen molar-refractivity contribution in [1.82, 2.24) is 14.8 Å². The van der Waals surface area contributed by atoms with Crippen molar-refractivity contribution in [2.24, 2.45) is 0 Å². The Bertz CT molecular complexity index is 821. The average Bonchev–Trinajstić information content (AvgIpc) is 2.69. The molecule has 4 rings (SSSR count). The van der Waals surface area contributed by atoms with Crippen LogP contribution in [0.25, 0.3) is 0 Å². The standard InChI is InChI=1S/C21H23ClFN3O2/c22-20-18(5-4-10-24-20)19(15-6-8-16(23)9-7-15)28-17-13-26(14-17)21(27)25-11-2-1-3-12-25/h4-10,17,19H,1-3,11-14H2. The first-order valence-corrected chi connectivity index (χ1v) is 10.0. The van der Waals surface area contributed by atoms with Crippen LogP contribution in [0.3, 0.4) is 0 Å². The molecule has 148 valence electrons. The molecule has 7 heteroatoms. The lowest BCUT2D eigenvalue weighted by molar-refractivity contribution is -0.0692. The minimum Gasteiger partial charge on any atom is -0.362 e. The summed E-state index contributed by atoms with van der Waals surface area (Å²) < 4.78 is 19.6. The van der Waals surface area contributed by atoms with Gasteiger partial charge in [0.15, 0.2) is 0 Å². The summed E-state index contributed by atoms with van der Waals surface area (Å²) >= 11 is 6.29. The maximum atomic E-state index is 13.4. The molecule has 28 heavy (non-hydrogen) atoms. The van der Waals surface area contributed by atoms with Gasteiger partial charge in [0.05, 0.1) is 19.2 Å². The number of urea groups is 1. The minimum absolute atomic E-state index is 0.0947. The van der Waals surface area contributed by atoms with E-state index in [-0.39, 0.29) is 18.0 Å². The lowest BCUT2D eigenvalue weighted by Crippen LogP contribution is -2.59. The fraction of sp³-hybridized carbons (Fsp3) is 0.429. The molecule has 2 aromatic rings. The van der Waals surface area contributed by atoms with Crippen molar-refractivity contribution in [2.75, 3.05) is 26.2 Å². The van der Waals surface area contributed by atoms with Crippen LogP contribution in [-0.2, 0) is 4.74 Å². The Labute approximate surface area is 169 Å². The third kappa shape index (κ3) is 4.13. The number of benzene rings is 1. The van der Waals surface area contributed by atoms with Crippen molar-refractivity contribution in [3.63, 3.8) is 0 Å². The second-order valence-electron chi connectivity index (χ2n) is 7.31. The first kappa shape index (κ1) is 19.2. The van der Waals surface area contributed by atoms with E-state index in [0.717, 1.165) is 37.1 Å². The van der Waals surface area contributed by atoms with Crippen LogP contribution < -0.4 is 0 Å². The number of rotatable bonds is 4. The van der Waals surface area contributed by atoms with Gasteiger partial charge in [0.1, 0.15) is 17.1 Å². The van der Waals surface area contributed by atoms with Crippen molar-refractivity contribution in [2.45, 2.75) is 31.5 Å². The van der Waals surface area contributed by atoms with Gasteiger partial charge in [-0.3, -0.25) is 0 Å². The highest BCUT2D eigenvalue weighted by Crippen LogP contribution is 2.33. The molecule has 0 spiro atoms. The number of nitrogens with zero attached hydrogens (tertiary/aromatic N) is 3. The van der Waals surface area contributed by atoms with Gasteiger partial charge in [-0.05, 0) is 43.0 Å². The van der Waals surface area contributed by atoms with Crippen molar-refractivity contribution in [1.29, 1.82) is 0 Å². The monoisotopic (exact) mass is 403 g/mol. The van der Waals surface area contributed by atoms with E-state index in [1.54, 1.807) is 24.4 Å². The summed E-state index contributed by atoms with van der Waals surface area (Å²) in [6, 6.07) is 9.95. The zero-order chi connectivity index (χ0) is 19.5. The van der Waals surface area contributed by atoms with Crippen molar-refractivity contribution in [3.8, 4) is 0 Å². The highest BCUT2D eigenvalue weighted by Gasteiger charge is 2.36. The van der Waals surface area contributed by atoms with Crippen LogP contribution in [-0.4, -0.2) is 53.1 Å². The molecule has 0 bridgehead atoms. The summed E-state index contributed by atoms with van der Waals surface area (Å²) in [5, 5.41) is 0.359. The number of halogens is 2. The molecule has 0 saturated carbocycles. The molecular weight excluding hydrogens is 381 g/mol. The molecule has 1 aromatic heterocycles. The van der Waals surface area contributed by atoms with Crippen LogP contribution in [0, 0.1) is 5.82 Å². The fourth-order valence-electron chi connectivity index (χ4n) is 3.72. The Morgan fingerprint density at radius 1 is 1.11 bits per heavy atom. The van der Waals surface area contributed by atoms with Gasteiger partial charge >= 0.3 is 6.03 Å². The molecule has 2 fully saturated rings. The molecule has 2 saturated heterocycles. The zero-order valence-corrected chi connectivity index (χ0v) is 16.3. The highest BCUT2D eigenvalue weighted by atomic mass is 35.5. The molecule has 5 nitrogen and oxygen atoms in total. The van der Waals surface area contributed by atoms with E-state index in [1.807, 2.05) is 15.9 Å². The van der Waals surface area contributed by atoms with E-state index in [9.17, 15) is 9.18 Å². The van der Waals surface area contributed by atoms with Gasteiger partial charge < -0.3 is 14.5 Å².